The molecule has 0 spiro atoms. The lowest BCUT2D eigenvalue weighted by Crippen LogP contribution is -2.31. The van der Waals surface area contributed by atoms with Crippen LogP contribution in [0.2, 0.25) is 0 Å². The van der Waals surface area contributed by atoms with Crippen LogP contribution in [-0.4, -0.2) is 27.9 Å². The van der Waals surface area contributed by atoms with Crippen molar-refractivity contribution in [1.29, 1.82) is 0 Å². The smallest absolute Gasteiger partial charge is 0.150 e. The van der Waals surface area contributed by atoms with Crippen LogP contribution in [0.25, 0.3) is 0 Å². The third-order valence-corrected chi connectivity index (χ3v) is 2.52. The van der Waals surface area contributed by atoms with Crippen molar-refractivity contribution in [3.05, 3.63) is 12.2 Å². The minimum Gasteiger partial charge on any atom is -0.315 e. The maximum Gasteiger partial charge on any atom is 0.150 e. The van der Waals surface area contributed by atoms with Gasteiger partial charge in [0.15, 0.2) is 0 Å². The van der Waals surface area contributed by atoms with Gasteiger partial charge in [-0.05, 0) is 19.4 Å². The van der Waals surface area contributed by atoms with Gasteiger partial charge in [-0.15, -0.1) is 0 Å². The lowest BCUT2D eigenvalue weighted by molar-refractivity contribution is 0.345. The Morgan fingerprint density at radius 2 is 2.62 bits per heavy atom. The average Bonchev–Trinajstić information content (AvgIpc) is 2.67. The zero-order valence-corrected chi connectivity index (χ0v) is 8.03. The fraction of sp³-hybridized carbons (Fsp3) is 0.778. The van der Waals surface area contributed by atoms with Gasteiger partial charge in [-0.1, -0.05) is 6.92 Å². The highest BCUT2D eigenvalue weighted by Gasteiger charge is 2.15. The molecule has 0 radical (unpaired) electrons. The SMILES string of the molecule is CCc1ncn(C2CCCNC2)n1. The van der Waals surface area contributed by atoms with Crippen LogP contribution < -0.4 is 5.32 Å². The summed E-state index contributed by atoms with van der Waals surface area (Å²) in [6.07, 6.45) is 5.25. The first-order valence-electron chi connectivity index (χ1n) is 5.01. The van der Waals surface area contributed by atoms with E-state index in [9.17, 15) is 0 Å². The summed E-state index contributed by atoms with van der Waals surface area (Å²) < 4.78 is 2.00. The molecule has 2 heterocycles. The molecule has 1 N–H and O–H groups in total. The van der Waals surface area contributed by atoms with Crippen LogP contribution in [0, 0.1) is 0 Å². The first-order valence-corrected chi connectivity index (χ1v) is 5.01. The van der Waals surface area contributed by atoms with E-state index in [0.717, 1.165) is 25.3 Å². The molecule has 1 aliphatic rings. The van der Waals surface area contributed by atoms with E-state index in [1.54, 1.807) is 0 Å². The summed E-state index contributed by atoms with van der Waals surface area (Å²) in [5.74, 6) is 0.950. The second-order valence-electron chi connectivity index (χ2n) is 3.49. The van der Waals surface area contributed by atoms with Gasteiger partial charge >= 0.3 is 0 Å². The Morgan fingerprint density at radius 1 is 1.69 bits per heavy atom. The van der Waals surface area contributed by atoms with Crippen LogP contribution in [0.15, 0.2) is 6.33 Å². The molecule has 0 aliphatic carbocycles. The van der Waals surface area contributed by atoms with Crippen LogP contribution in [0.1, 0.15) is 31.6 Å². The second-order valence-corrected chi connectivity index (χ2v) is 3.49. The molecule has 2 rings (SSSR count). The van der Waals surface area contributed by atoms with E-state index in [1.165, 1.54) is 12.8 Å². The molecule has 4 nitrogen and oxygen atoms in total. The summed E-state index contributed by atoms with van der Waals surface area (Å²) in [6.45, 7) is 4.26. The summed E-state index contributed by atoms with van der Waals surface area (Å²) in [5.41, 5.74) is 0. The third kappa shape index (κ3) is 1.88. The predicted molar refractivity (Wildman–Crippen MR) is 50.5 cm³/mol. The van der Waals surface area contributed by atoms with Crippen molar-refractivity contribution < 1.29 is 0 Å². The fourth-order valence-electron chi connectivity index (χ4n) is 1.71. The lowest BCUT2D eigenvalue weighted by atomic mass is 10.1. The van der Waals surface area contributed by atoms with Crippen molar-refractivity contribution in [2.24, 2.45) is 0 Å². The quantitative estimate of drug-likeness (QED) is 0.731. The molecule has 0 amide bonds. The van der Waals surface area contributed by atoms with Gasteiger partial charge in [0.1, 0.15) is 12.2 Å². The van der Waals surface area contributed by atoms with E-state index in [1.807, 2.05) is 11.0 Å². The van der Waals surface area contributed by atoms with Gasteiger partial charge in [-0.25, -0.2) is 9.67 Å². The highest BCUT2D eigenvalue weighted by Crippen LogP contribution is 2.14. The van der Waals surface area contributed by atoms with Gasteiger partial charge < -0.3 is 5.32 Å². The molecule has 1 unspecified atom stereocenters. The van der Waals surface area contributed by atoms with Crippen molar-refractivity contribution in [1.82, 2.24) is 20.1 Å². The third-order valence-electron chi connectivity index (χ3n) is 2.52. The number of hydrogen-bond acceptors (Lipinski definition) is 3. The first kappa shape index (κ1) is 8.69. The Kier molecular flexibility index (Phi) is 2.59. The molecule has 1 aromatic heterocycles. The zero-order chi connectivity index (χ0) is 9.10. The van der Waals surface area contributed by atoms with Crippen molar-refractivity contribution in [2.75, 3.05) is 13.1 Å². The molecule has 1 atom stereocenters. The number of rotatable bonds is 2. The molecule has 4 heteroatoms. The molecular weight excluding hydrogens is 164 g/mol. The summed E-state index contributed by atoms with van der Waals surface area (Å²) >= 11 is 0. The number of piperidine rings is 1. The summed E-state index contributed by atoms with van der Waals surface area (Å²) in [7, 11) is 0. The highest BCUT2D eigenvalue weighted by molar-refractivity contribution is 4.84. The molecule has 1 aliphatic heterocycles. The van der Waals surface area contributed by atoms with Gasteiger partial charge in [0.2, 0.25) is 0 Å². The Labute approximate surface area is 78.4 Å². The van der Waals surface area contributed by atoms with E-state index in [2.05, 4.69) is 22.3 Å². The molecule has 0 saturated carbocycles. The Balaban J connectivity index is 2.05. The van der Waals surface area contributed by atoms with Crippen LogP contribution in [0.3, 0.4) is 0 Å². The topological polar surface area (TPSA) is 42.7 Å². The lowest BCUT2D eigenvalue weighted by Gasteiger charge is -2.22. The Hall–Kier alpha value is -0.900. The molecule has 13 heavy (non-hydrogen) atoms. The summed E-state index contributed by atoms with van der Waals surface area (Å²) in [5, 5.41) is 7.79. The molecule has 1 saturated heterocycles. The average molecular weight is 180 g/mol. The molecular formula is C9H16N4. The largest absolute Gasteiger partial charge is 0.315 e. The van der Waals surface area contributed by atoms with Crippen molar-refractivity contribution in [3.8, 4) is 0 Å². The highest BCUT2D eigenvalue weighted by atomic mass is 15.4. The Morgan fingerprint density at radius 3 is 3.23 bits per heavy atom. The standard InChI is InChI=1S/C9H16N4/c1-2-9-11-7-13(12-9)8-4-3-5-10-6-8/h7-8,10H,2-6H2,1H3. The number of aromatic nitrogens is 3. The van der Waals surface area contributed by atoms with Crippen LogP contribution >= 0.6 is 0 Å². The van der Waals surface area contributed by atoms with Gasteiger partial charge in [0.05, 0.1) is 6.04 Å². The molecule has 1 aromatic rings. The molecule has 0 bridgehead atoms. The number of hydrogen-bond donors (Lipinski definition) is 1. The van der Waals surface area contributed by atoms with Crippen LogP contribution in [0.4, 0.5) is 0 Å². The maximum absolute atomic E-state index is 4.42. The molecule has 1 fully saturated rings. The Bertz CT molecular complexity index is 262. The normalized spacial score (nSPS) is 23.3. The van der Waals surface area contributed by atoms with Gasteiger partial charge in [0, 0.05) is 13.0 Å². The molecule has 72 valence electrons. The van der Waals surface area contributed by atoms with E-state index < -0.39 is 0 Å². The zero-order valence-electron chi connectivity index (χ0n) is 8.03. The van der Waals surface area contributed by atoms with Gasteiger partial charge in [-0.3, -0.25) is 0 Å². The maximum atomic E-state index is 4.42. The van der Waals surface area contributed by atoms with E-state index in [0.29, 0.717) is 6.04 Å². The van der Waals surface area contributed by atoms with Crippen molar-refractivity contribution >= 4 is 0 Å². The van der Waals surface area contributed by atoms with Crippen LogP contribution in [0.5, 0.6) is 0 Å². The predicted octanol–water partition coefficient (Wildman–Crippen LogP) is 0.765. The van der Waals surface area contributed by atoms with E-state index >= 15 is 0 Å². The van der Waals surface area contributed by atoms with E-state index in [4.69, 9.17) is 0 Å². The van der Waals surface area contributed by atoms with Crippen molar-refractivity contribution in [3.63, 3.8) is 0 Å². The van der Waals surface area contributed by atoms with Gasteiger partial charge in [-0.2, -0.15) is 5.10 Å². The van der Waals surface area contributed by atoms with Crippen LogP contribution in [-0.2, 0) is 6.42 Å². The number of nitrogens with one attached hydrogen (secondary N) is 1. The van der Waals surface area contributed by atoms with Gasteiger partial charge in [0.25, 0.3) is 0 Å². The number of nitrogens with zero attached hydrogens (tertiary/aromatic N) is 3. The fourth-order valence-corrected chi connectivity index (χ4v) is 1.71. The first-order chi connectivity index (χ1) is 6.40. The van der Waals surface area contributed by atoms with E-state index in [-0.39, 0.29) is 0 Å². The minimum absolute atomic E-state index is 0.515. The monoisotopic (exact) mass is 180 g/mol. The summed E-state index contributed by atoms with van der Waals surface area (Å²) in [6, 6.07) is 0.515. The second kappa shape index (κ2) is 3.87. The summed E-state index contributed by atoms with van der Waals surface area (Å²) in [4.78, 5) is 4.23. The minimum atomic E-state index is 0.515. The van der Waals surface area contributed by atoms with Crippen molar-refractivity contribution in [2.45, 2.75) is 32.2 Å². The number of aryl methyl sites for hydroxylation is 1. The molecule has 0 aromatic carbocycles.